The molecule has 0 spiro atoms. The molecule has 0 radical (unpaired) electrons. The monoisotopic (exact) mass is 838 g/mol. The molecule has 4 aromatic rings. The van der Waals surface area contributed by atoms with E-state index in [4.69, 9.17) is 9.47 Å². The summed E-state index contributed by atoms with van der Waals surface area (Å²) in [7, 11) is 0. The summed E-state index contributed by atoms with van der Waals surface area (Å²) in [6, 6.07) is 15.1. The van der Waals surface area contributed by atoms with Gasteiger partial charge >= 0.3 is 17.9 Å². The van der Waals surface area contributed by atoms with Crippen LogP contribution in [0.25, 0.3) is 22.2 Å². The number of benzene rings is 2. The number of rotatable bonds is 11. The number of carbonyl (C=O) groups excluding carboxylic acids is 5. The van der Waals surface area contributed by atoms with Crippen LogP contribution in [0.5, 0.6) is 0 Å². The first-order valence-corrected chi connectivity index (χ1v) is 20.9. The quantitative estimate of drug-likeness (QED) is 0.105. The maximum absolute atomic E-state index is 13.9. The number of hydrogen-bond acceptors (Lipinski definition) is 9. The van der Waals surface area contributed by atoms with Gasteiger partial charge in [-0.1, -0.05) is 30.3 Å². The second-order valence-corrected chi connectivity index (χ2v) is 18.1. The van der Waals surface area contributed by atoms with E-state index < -0.39 is 35.3 Å². The molecule has 16 nitrogen and oxygen atoms in total. The van der Waals surface area contributed by atoms with Crippen molar-refractivity contribution < 1.29 is 33.4 Å². The van der Waals surface area contributed by atoms with E-state index in [0.29, 0.717) is 61.3 Å². The minimum atomic E-state index is -0.914. The molecule has 326 valence electrons. The molecule has 2 fully saturated rings. The van der Waals surface area contributed by atoms with Gasteiger partial charge in [0.15, 0.2) is 0 Å². The Labute approximate surface area is 355 Å². The van der Waals surface area contributed by atoms with Gasteiger partial charge < -0.3 is 45.6 Å². The molecular weight excluding hydrogens is 781 g/mol. The predicted octanol–water partition coefficient (Wildman–Crippen LogP) is 5.96. The lowest BCUT2D eigenvalue weighted by Gasteiger charge is -2.29. The summed E-state index contributed by atoms with van der Waals surface area (Å²) in [5, 5.41) is 11.8. The van der Waals surface area contributed by atoms with Gasteiger partial charge in [0.05, 0.1) is 11.0 Å². The highest BCUT2D eigenvalue weighted by Crippen LogP contribution is 2.29. The summed E-state index contributed by atoms with van der Waals surface area (Å²) >= 11 is 0. The number of alkyl carbamates (subject to hydrolysis) is 1. The molecule has 61 heavy (non-hydrogen) atoms. The van der Waals surface area contributed by atoms with Crippen LogP contribution < -0.4 is 27.0 Å². The van der Waals surface area contributed by atoms with Gasteiger partial charge in [0.25, 0.3) is 5.91 Å². The average molecular weight is 839 g/mol. The van der Waals surface area contributed by atoms with Crippen LogP contribution in [-0.2, 0) is 25.5 Å². The summed E-state index contributed by atoms with van der Waals surface area (Å²) in [5.74, 6) is -1.01. The molecule has 1 aliphatic heterocycles. The maximum atomic E-state index is 13.9. The number of H-pyrrole nitrogens is 2. The van der Waals surface area contributed by atoms with Crippen molar-refractivity contribution in [2.24, 2.45) is 11.8 Å². The number of fused-ring (bicyclic) bond motifs is 1. The first kappa shape index (κ1) is 44.4. The van der Waals surface area contributed by atoms with Crippen molar-refractivity contribution in [1.29, 1.82) is 0 Å². The highest BCUT2D eigenvalue weighted by molar-refractivity contribution is 5.99. The van der Waals surface area contributed by atoms with Crippen LogP contribution in [0.4, 0.5) is 15.3 Å². The maximum Gasteiger partial charge on any atom is 0.410 e. The molecule has 16 heteroatoms. The van der Waals surface area contributed by atoms with E-state index in [9.17, 15) is 28.8 Å². The molecule has 2 aromatic carbocycles. The van der Waals surface area contributed by atoms with Crippen LogP contribution in [0.2, 0.25) is 0 Å². The molecule has 6 N–H and O–H groups in total. The van der Waals surface area contributed by atoms with E-state index in [1.54, 1.807) is 29.2 Å². The molecule has 6 rings (SSSR count). The normalized spacial score (nSPS) is 18.5. The van der Waals surface area contributed by atoms with Gasteiger partial charge in [-0.2, -0.15) is 0 Å². The lowest BCUT2D eigenvalue weighted by molar-refractivity contribution is -0.130. The van der Waals surface area contributed by atoms with E-state index in [1.807, 2.05) is 78.8 Å². The molecular formula is C45H58N8O8. The molecule has 2 aliphatic rings. The van der Waals surface area contributed by atoms with Gasteiger partial charge in [0, 0.05) is 55.0 Å². The molecule has 1 saturated carbocycles. The fourth-order valence-electron chi connectivity index (χ4n) is 7.69. The number of pyridine rings is 1. The van der Waals surface area contributed by atoms with E-state index in [-0.39, 0.29) is 47.5 Å². The Morgan fingerprint density at radius 2 is 1.54 bits per heavy atom. The van der Waals surface area contributed by atoms with Crippen molar-refractivity contribution in [2.75, 3.05) is 25.0 Å². The molecule has 0 bridgehead atoms. The number of carbonyl (C=O) groups is 5. The summed E-state index contributed by atoms with van der Waals surface area (Å²) < 4.78 is 10.8. The first-order valence-electron chi connectivity index (χ1n) is 20.9. The molecule has 3 heterocycles. The molecule has 1 saturated heterocycles. The van der Waals surface area contributed by atoms with E-state index >= 15 is 0 Å². The zero-order valence-corrected chi connectivity index (χ0v) is 36.0. The number of anilines is 1. The first-order chi connectivity index (χ1) is 28.8. The number of hydrogen-bond donors (Lipinski definition) is 6. The van der Waals surface area contributed by atoms with Crippen LogP contribution >= 0.6 is 0 Å². The van der Waals surface area contributed by atoms with Crippen molar-refractivity contribution in [3.8, 4) is 11.1 Å². The van der Waals surface area contributed by atoms with E-state index in [2.05, 4.69) is 36.2 Å². The Morgan fingerprint density at radius 3 is 2.21 bits per heavy atom. The topological polar surface area (TPSA) is 217 Å². The number of amides is 5. The highest BCUT2D eigenvalue weighted by Gasteiger charge is 2.32. The van der Waals surface area contributed by atoms with Crippen LogP contribution in [0.1, 0.15) is 95.4 Å². The summed E-state index contributed by atoms with van der Waals surface area (Å²) in [5.41, 5.74) is 3.49. The number of aromatic amines is 2. The molecule has 5 amide bonds. The second kappa shape index (κ2) is 18.6. The second-order valence-electron chi connectivity index (χ2n) is 18.1. The highest BCUT2D eigenvalue weighted by atomic mass is 16.6. The number of ether oxygens (including phenoxy) is 2. The standard InChI is InChI=1S/C45H58N8O8/c1-26-33(17-19-35(47-26)39(55)49-32-20-21-53(25-32)43(59)61-45(5,6)7)29-12-8-27(9-13-29)22-37(40(56)48-31-16-18-34-36(23-31)52-41(57)51-34)50-38(54)30-14-10-28(11-15-30)24-46-42(58)60-44(2,3)4/h8-9,12-13,16-19,23,28,30,32,37H,10-11,14-15,20-22,24-25H2,1-7H3,(H,46,58)(H,48,56)(H,49,55)(H,50,54)(H2,51,52,57)/t28-,30-,32-,37-/m0/s1. The van der Waals surface area contributed by atoms with E-state index in [1.165, 1.54) is 0 Å². The number of imidazole rings is 1. The fourth-order valence-corrected chi connectivity index (χ4v) is 7.69. The third kappa shape index (κ3) is 12.4. The Morgan fingerprint density at radius 1 is 0.852 bits per heavy atom. The van der Waals surface area contributed by atoms with Crippen LogP contribution in [0, 0.1) is 18.8 Å². The van der Waals surface area contributed by atoms with Gasteiger partial charge in [0.2, 0.25) is 11.8 Å². The number of aromatic nitrogens is 3. The van der Waals surface area contributed by atoms with Crippen molar-refractivity contribution in [3.05, 3.63) is 82.0 Å². The summed E-state index contributed by atoms with van der Waals surface area (Å²) in [6.45, 7) is 14.0. The van der Waals surface area contributed by atoms with Crippen molar-refractivity contribution >= 4 is 46.6 Å². The van der Waals surface area contributed by atoms with E-state index in [0.717, 1.165) is 29.5 Å². The lowest BCUT2D eigenvalue weighted by Crippen LogP contribution is -2.48. The van der Waals surface area contributed by atoms with Gasteiger partial charge in [-0.05, 0) is 122 Å². The SMILES string of the molecule is Cc1nc(C(=O)N[C@H]2CCN(C(=O)OC(C)(C)C)C2)ccc1-c1ccc(C[C@H](NC(=O)[C@H]2CC[C@H](CNC(=O)OC(C)(C)C)CC2)C(=O)Nc2ccc3[nH]c(=O)[nH]c3c2)cc1. The molecule has 1 aliphatic carbocycles. The zero-order valence-electron chi connectivity index (χ0n) is 36.0. The van der Waals surface area contributed by atoms with Crippen LogP contribution in [-0.4, -0.2) is 92.7 Å². The Bertz CT molecular complexity index is 2300. The van der Waals surface area contributed by atoms with Gasteiger partial charge in [0.1, 0.15) is 22.9 Å². The van der Waals surface area contributed by atoms with Gasteiger partial charge in [-0.15, -0.1) is 0 Å². The van der Waals surface area contributed by atoms with Crippen molar-refractivity contribution in [2.45, 2.75) is 110 Å². The number of nitrogens with one attached hydrogen (secondary N) is 6. The lowest BCUT2D eigenvalue weighted by atomic mass is 9.81. The summed E-state index contributed by atoms with van der Waals surface area (Å²) in [6.07, 6.45) is 2.69. The van der Waals surface area contributed by atoms with Crippen molar-refractivity contribution in [1.82, 2.24) is 35.8 Å². The Hall–Kier alpha value is -6.19. The third-order valence-electron chi connectivity index (χ3n) is 10.8. The average Bonchev–Trinajstić information content (AvgIpc) is 3.81. The molecule has 2 aromatic heterocycles. The molecule has 2 atom stereocenters. The molecule has 0 unspecified atom stereocenters. The Kier molecular flexibility index (Phi) is 13.5. The number of nitrogens with zero attached hydrogens (tertiary/aromatic N) is 2. The van der Waals surface area contributed by atoms with Crippen LogP contribution in [0.15, 0.2) is 59.4 Å². The van der Waals surface area contributed by atoms with Gasteiger partial charge in [-0.3, -0.25) is 14.4 Å². The number of likely N-dealkylation sites (tertiary alicyclic amines) is 1. The zero-order chi connectivity index (χ0) is 44.1. The van der Waals surface area contributed by atoms with Crippen LogP contribution in [0.3, 0.4) is 0 Å². The fraction of sp³-hybridized carbons (Fsp3) is 0.489. The minimum Gasteiger partial charge on any atom is -0.444 e. The number of aryl methyl sites for hydroxylation is 1. The predicted molar refractivity (Wildman–Crippen MR) is 231 cm³/mol. The largest absolute Gasteiger partial charge is 0.444 e. The van der Waals surface area contributed by atoms with Crippen molar-refractivity contribution in [3.63, 3.8) is 0 Å². The summed E-state index contributed by atoms with van der Waals surface area (Å²) in [4.78, 5) is 88.8. The minimum absolute atomic E-state index is 0.207. The third-order valence-corrected chi connectivity index (χ3v) is 10.8. The smallest absolute Gasteiger partial charge is 0.410 e. The Balaban J connectivity index is 1.09. The van der Waals surface area contributed by atoms with Gasteiger partial charge in [-0.25, -0.2) is 19.4 Å².